The van der Waals surface area contributed by atoms with E-state index in [4.69, 9.17) is 14.6 Å². The van der Waals surface area contributed by atoms with Crippen molar-refractivity contribution >= 4 is 15.9 Å². The number of hydrogen-bond acceptors (Lipinski definition) is 3. The SMILES string of the molecule is CC1(Cc2cccc(Br)c2)OCC(CCO)O1. The Morgan fingerprint density at radius 1 is 1.53 bits per heavy atom. The van der Waals surface area contributed by atoms with Gasteiger partial charge in [0, 0.05) is 17.5 Å². The molecule has 0 amide bonds. The summed E-state index contributed by atoms with van der Waals surface area (Å²) in [7, 11) is 0. The molecule has 17 heavy (non-hydrogen) atoms. The first-order valence-electron chi connectivity index (χ1n) is 5.78. The highest BCUT2D eigenvalue weighted by Crippen LogP contribution is 2.29. The molecule has 2 rings (SSSR count). The van der Waals surface area contributed by atoms with E-state index in [2.05, 4.69) is 28.1 Å². The first kappa shape index (κ1) is 13.0. The highest BCUT2D eigenvalue weighted by atomic mass is 79.9. The summed E-state index contributed by atoms with van der Waals surface area (Å²) in [4.78, 5) is 0. The van der Waals surface area contributed by atoms with Gasteiger partial charge in [0.05, 0.1) is 12.7 Å². The normalized spacial score (nSPS) is 28.5. The van der Waals surface area contributed by atoms with Gasteiger partial charge in [-0.3, -0.25) is 0 Å². The number of rotatable bonds is 4. The van der Waals surface area contributed by atoms with Crippen LogP contribution in [0.3, 0.4) is 0 Å². The second kappa shape index (κ2) is 5.48. The fourth-order valence-corrected chi connectivity index (χ4v) is 2.53. The molecule has 2 unspecified atom stereocenters. The molecule has 4 heteroatoms. The molecule has 94 valence electrons. The number of ether oxygens (including phenoxy) is 2. The maximum Gasteiger partial charge on any atom is 0.170 e. The Hall–Kier alpha value is -0.420. The topological polar surface area (TPSA) is 38.7 Å². The molecule has 0 bridgehead atoms. The molecule has 1 aliphatic rings. The third kappa shape index (κ3) is 3.52. The van der Waals surface area contributed by atoms with Crippen LogP contribution in [-0.2, 0) is 15.9 Å². The van der Waals surface area contributed by atoms with Crippen molar-refractivity contribution in [1.82, 2.24) is 0 Å². The van der Waals surface area contributed by atoms with Gasteiger partial charge in [0.15, 0.2) is 5.79 Å². The minimum atomic E-state index is -0.569. The molecule has 1 heterocycles. The Labute approximate surface area is 110 Å². The van der Waals surface area contributed by atoms with Crippen molar-refractivity contribution < 1.29 is 14.6 Å². The summed E-state index contributed by atoms with van der Waals surface area (Å²) in [5, 5.41) is 8.88. The maximum absolute atomic E-state index is 8.88. The summed E-state index contributed by atoms with van der Waals surface area (Å²) in [6, 6.07) is 8.12. The van der Waals surface area contributed by atoms with Crippen molar-refractivity contribution in [3.63, 3.8) is 0 Å². The first-order chi connectivity index (χ1) is 8.11. The fraction of sp³-hybridized carbons (Fsp3) is 0.538. The Morgan fingerprint density at radius 3 is 3.06 bits per heavy atom. The van der Waals surface area contributed by atoms with E-state index in [1.54, 1.807) is 0 Å². The van der Waals surface area contributed by atoms with Crippen LogP contribution in [0.4, 0.5) is 0 Å². The molecule has 1 saturated heterocycles. The largest absolute Gasteiger partial charge is 0.396 e. The summed E-state index contributed by atoms with van der Waals surface area (Å²) in [6.07, 6.45) is 1.36. The Morgan fingerprint density at radius 2 is 2.35 bits per heavy atom. The molecule has 1 fully saturated rings. The van der Waals surface area contributed by atoms with Gasteiger partial charge in [-0.15, -0.1) is 0 Å². The van der Waals surface area contributed by atoms with Gasteiger partial charge in [0.2, 0.25) is 0 Å². The smallest absolute Gasteiger partial charge is 0.170 e. The average molecular weight is 301 g/mol. The quantitative estimate of drug-likeness (QED) is 0.928. The van der Waals surface area contributed by atoms with Gasteiger partial charge >= 0.3 is 0 Å². The van der Waals surface area contributed by atoms with Crippen molar-refractivity contribution in [1.29, 1.82) is 0 Å². The summed E-state index contributed by atoms with van der Waals surface area (Å²) in [6.45, 7) is 2.65. The van der Waals surface area contributed by atoms with Gasteiger partial charge in [-0.2, -0.15) is 0 Å². The monoisotopic (exact) mass is 300 g/mol. The highest BCUT2D eigenvalue weighted by Gasteiger charge is 2.36. The second-order valence-corrected chi connectivity index (χ2v) is 5.42. The molecule has 0 spiro atoms. The number of aliphatic hydroxyl groups excluding tert-OH is 1. The summed E-state index contributed by atoms with van der Waals surface area (Å²) < 4.78 is 12.6. The third-order valence-corrected chi connectivity index (χ3v) is 3.35. The lowest BCUT2D eigenvalue weighted by atomic mass is 10.1. The van der Waals surface area contributed by atoms with Crippen LogP contribution >= 0.6 is 15.9 Å². The molecular formula is C13H17BrO3. The molecule has 0 radical (unpaired) electrons. The van der Waals surface area contributed by atoms with Crippen LogP contribution in [0.5, 0.6) is 0 Å². The molecule has 1 N–H and O–H groups in total. The van der Waals surface area contributed by atoms with E-state index in [-0.39, 0.29) is 12.7 Å². The van der Waals surface area contributed by atoms with Gasteiger partial charge in [0.1, 0.15) is 0 Å². The van der Waals surface area contributed by atoms with E-state index in [1.165, 1.54) is 5.56 Å². The number of halogens is 1. The summed E-state index contributed by atoms with van der Waals surface area (Å²) >= 11 is 3.45. The van der Waals surface area contributed by atoms with Crippen LogP contribution in [0.25, 0.3) is 0 Å². The Kier molecular flexibility index (Phi) is 4.20. The zero-order chi connectivity index (χ0) is 12.3. The van der Waals surface area contributed by atoms with E-state index < -0.39 is 5.79 Å². The van der Waals surface area contributed by atoms with Crippen LogP contribution in [0.15, 0.2) is 28.7 Å². The molecule has 3 nitrogen and oxygen atoms in total. The highest BCUT2D eigenvalue weighted by molar-refractivity contribution is 9.10. The lowest BCUT2D eigenvalue weighted by Crippen LogP contribution is -2.29. The predicted molar refractivity (Wildman–Crippen MR) is 68.8 cm³/mol. The van der Waals surface area contributed by atoms with Crippen molar-refractivity contribution in [2.45, 2.75) is 31.7 Å². The van der Waals surface area contributed by atoms with E-state index in [0.29, 0.717) is 19.4 Å². The molecular weight excluding hydrogens is 284 g/mol. The number of aliphatic hydroxyl groups is 1. The zero-order valence-electron chi connectivity index (χ0n) is 9.86. The zero-order valence-corrected chi connectivity index (χ0v) is 11.4. The van der Waals surface area contributed by atoms with Crippen molar-refractivity contribution in [2.75, 3.05) is 13.2 Å². The second-order valence-electron chi connectivity index (χ2n) is 4.50. The molecule has 0 saturated carbocycles. The van der Waals surface area contributed by atoms with Crippen molar-refractivity contribution in [3.8, 4) is 0 Å². The lowest BCUT2D eigenvalue weighted by Gasteiger charge is -2.23. The first-order valence-corrected chi connectivity index (χ1v) is 6.58. The Bertz CT molecular complexity index is 383. The maximum atomic E-state index is 8.88. The van der Waals surface area contributed by atoms with E-state index in [1.807, 2.05) is 19.1 Å². The van der Waals surface area contributed by atoms with E-state index in [9.17, 15) is 0 Å². The van der Waals surface area contributed by atoms with Crippen LogP contribution in [0.2, 0.25) is 0 Å². The molecule has 1 aromatic carbocycles. The van der Waals surface area contributed by atoms with Crippen LogP contribution in [0.1, 0.15) is 18.9 Å². The average Bonchev–Trinajstić information content (AvgIpc) is 2.60. The number of hydrogen-bond donors (Lipinski definition) is 1. The third-order valence-electron chi connectivity index (χ3n) is 2.86. The van der Waals surface area contributed by atoms with Gasteiger partial charge in [-0.05, 0) is 31.0 Å². The van der Waals surface area contributed by atoms with E-state index in [0.717, 1.165) is 4.47 Å². The van der Waals surface area contributed by atoms with Crippen LogP contribution < -0.4 is 0 Å². The van der Waals surface area contributed by atoms with Crippen molar-refractivity contribution in [3.05, 3.63) is 34.3 Å². The molecule has 1 aromatic rings. The van der Waals surface area contributed by atoms with Crippen LogP contribution in [0, 0.1) is 0 Å². The summed E-state index contributed by atoms with van der Waals surface area (Å²) in [5.41, 5.74) is 1.17. The molecule has 0 aliphatic carbocycles. The summed E-state index contributed by atoms with van der Waals surface area (Å²) in [5.74, 6) is -0.569. The number of benzene rings is 1. The van der Waals surface area contributed by atoms with Crippen molar-refractivity contribution in [2.24, 2.45) is 0 Å². The predicted octanol–water partition coefficient (Wildman–Crippen LogP) is 2.51. The lowest BCUT2D eigenvalue weighted by molar-refractivity contribution is -0.153. The van der Waals surface area contributed by atoms with Gasteiger partial charge in [-0.25, -0.2) is 0 Å². The minimum absolute atomic E-state index is 0.0113. The fourth-order valence-electron chi connectivity index (χ4n) is 2.09. The van der Waals surface area contributed by atoms with Crippen LogP contribution in [-0.4, -0.2) is 30.2 Å². The van der Waals surface area contributed by atoms with Gasteiger partial charge < -0.3 is 14.6 Å². The minimum Gasteiger partial charge on any atom is -0.396 e. The molecule has 2 atom stereocenters. The molecule has 1 aliphatic heterocycles. The molecule has 0 aromatic heterocycles. The standard InChI is InChI=1S/C13H17BrO3/c1-13(16-9-12(17-13)5-6-15)8-10-3-2-4-11(14)7-10/h2-4,7,12,15H,5-6,8-9H2,1H3. The van der Waals surface area contributed by atoms with Gasteiger partial charge in [-0.1, -0.05) is 28.1 Å². The van der Waals surface area contributed by atoms with E-state index >= 15 is 0 Å². The Balaban J connectivity index is 1.99. The van der Waals surface area contributed by atoms with Gasteiger partial charge in [0.25, 0.3) is 0 Å².